The molecule has 0 saturated carbocycles. The van der Waals surface area contributed by atoms with Gasteiger partial charge in [0.25, 0.3) is 0 Å². The van der Waals surface area contributed by atoms with Gasteiger partial charge in [-0.1, -0.05) is 30.3 Å². The van der Waals surface area contributed by atoms with Crippen molar-refractivity contribution in [2.45, 2.75) is 19.4 Å². The molecule has 11 heavy (non-hydrogen) atoms. The second-order valence-electron chi connectivity index (χ2n) is 2.98. The van der Waals surface area contributed by atoms with Gasteiger partial charge in [0.2, 0.25) is 0 Å². The highest BCUT2D eigenvalue weighted by atomic mass is 16.5. The molecular weight excluding hydrogens is 136 g/mol. The summed E-state index contributed by atoms with van der Waals surface area (Å²) in [4.78, 5) is 0. The molecule has 0 aliphatic heterocycles. The van der Waals surface area contributed by atoms with Crippen LogP contribution < -0.4 is 0 Å². The Labute approximate surface area is 68.0 Å². The molecule has 0 N–H and O–H groups in total. The molecule has 3 radical (unpaired) electrons. The van der Waals surface area contributed by atoms with Crippen molar-refractivity contribution in [3.05, 3.63) is 43.0 Å². The van der Waals surface area contributed by atoms with Crippen LogP contribution in [-0.2, 0) is 10.3 Å². The summed E-state index contributed by atoms with van der Waals surface area (Å²) < 4.78 is 4.57. The van der Waals surface area contributed by atoms with E-state index in [4.69, 9.17) is 7.11 Å². The lowest BCUT2D eigenvalue weighted by Crippen LogP contribution is -2.17. The van der Waals surface area contributed by atoms with Crippen molar-refractivity contribution in [3.8, 4) is 0 Å². The van der Waals surface area contributed by atoms with Crippen LogP contribution in [0, 0.1) is 7.11 Å². The third-order valence-corrected chi connectivity index (χ3v) is 1.72. The average Bonchev–Trinajstić information content (AvgIpc) is 2.06. The van der Waals surface area contributed by atoms with Crippen molar-refractivity contribution >= 4 is 0 Å². The van der Waals surface area contributed by atoms with E-state index in [0.717, 1.165) is 5.56 Å². The minimum absolute atomic E-state index is 0.499. The molecule has 1 nitrogen and oxygen atoms in total. The molecule has 1 aromatic carbocycles. The maximum Gasteiger partial charge on any atom is 0.174 e. The summed E-state index contributed by atoms with van der Waals surface area (Å²) in [5.74, 6) is 0. The highest BCUT2D eigenvalue weighted by molar-refractivity contribution is 5.20. The van der Waals surface area contributed by atoms with Crippen molar-refractivity contribution < 1.29 is 4.74 Å². The van der Waals surface area contributed by atoms with Crippen LogP contribution in [0.2, 0.25) is 0 Å². The average molecular weight is 147 g/mol. The quantitative estimate of drug-likeness (QED) is 0.624. The topological polar surface area (TPSA) is 9.23 Å². The van der Waals surface area contributed by atoms with E-state index < -0.39 is 5.60 Å². The summed E-state index contributed by atoms with van der Waals surface area (Å²) in [5, 5.41) is 0. The first-order valence-corrected chi connectivity index (χ1v) is 3.57. The number of hydrogen-bond acceptors (Lipinski definition) is 1. The van der Waals surface area contributed by atoms with E-state index in [1.165, 1.54) is 0 Å². The highest BCUT2D eigenvalue weighted by Gasteiger charge is 2.18. The van der Waals surface area contributed by atoms with Crippen molar-refractivity contribution in [1.82, 2.24) is 0 Å². The van der Waals surface area contributed by atoms with Gasteiger partial charge < -0.3 is 4.74 Å². The largest absolute Gasteiger partial charge is 0.355 e. The number of rotatable bonds is 2. The molecule has 0 atom stereocenters. The lowest BCUT2D eigenvalue weighted by atomic mass is 9.98. The van der Waals surface area contributed by atoms with E-state index in [1.807, 2.05) is 44.2 Å². The van der Waals surface area contributed by atoms with Crippen LogP contribution in [0.4, 0.5) is 0 Å². The lowest BCUT2D eigenvalue weighted by Gasteiger charge is -2.22. The fourth-order valence-electron chi connectivity index (χ4n) is 0.898. The summed E-state index contributed by atoms with van der Waals surface area (Å²) in [7, 11) is 6.84. The van der Waals surface area contributed by atoms with Gasteiger partial charge in [-0.3, -0.25) is 0 Å². The molecule has 1 heteroatoms. The standard InChI is InChI=1S/C10H11O/c1-10(2,11-3)9-7-5-4-6-8-9/h4-8H,1-2H3. The Morgan fingerprint density at radius 1 is 1.18 bits per heavy atom. The third kappa shape index (κ3) is 1.81. The Bertz CT molecular complexity index is 214. The molecule has 0 heterocycles. The minimum Gasteiger partial charge on any atom is -0.355 e. The van der Waals surface area contributed by atoms with E-state index in [9.17, 15) is 0 Å². The zero-order valence-electron chi connectivity index (χ0n) is 6.79. The first-order chi connectivity index (χ1) is 5.17. The van der Waals surface area contributed by atoms with Crippen molar-refractivity contribution in [2.75, 3.05) is 0 Å². The molecule has 1 rings (SSSR count). The first-order valence-electron chi connectivity index (χ1n) is 3.57. The molecule has 0 aromatic heterocycles. The van der Waals surface area contributed by atoms with Crippen LogP contribution >= 0.6 is 0 Å². The summed E-state index contributed by atoms with van der Waals surface area (Å²) in [6, 6.07) is 9.73. The van der Waals surface area contributed by atoms with Crippen LogP contribution in [0.3, 0.4) is 0 Å². The normalized spacial score (nSPS) is 11.5. The van der Waals surface area contributed by atoms with Gasteiger partial charge >= 0.3 is 0 Å². The van der Waals surface area contributed by atoms with Gasteiger partial charge in [-0.15, -0.1) is 0 Å². The molecule has 0 amide bonds. The summed E-state index contributed by atoms with van der Waals surface area (Å²) >= 11 is 0. The fourth-order valence-corrected chi connectivity index (χ4v) is 0.898. The number of ether oxygens (including phenoxy) is 1. The lowest BCUT2D eigenvalue weighted by molar-refractivity contribution is 0.0496. The summed E-state index contributed by atoms with van der Waals surface area (Å²) in [6.07, 6.45) is 0. The zero-order valence-corrected chi connectivity index (χ0v) is 6.79. The maximum absolute atomic E-state index is 6.84. The number of benzene rings is 1. The Hall–Kier alpha value is -0.820. The van der Waals surface area contributed by atoms with E-state index in [0.29, 0.717) is 0 Å². The smallest absolute Gasteiger partial charge is 0.174 e. The molecule has 0 aliphatic carbocycles. The van der Waals surface area contributed by atoms with Crippen LogP contribution in [0.15, 0.2) is 30.3 Å². The van der Waals surface area contributed by atoms with E-state index in [1.54, 1.807) is 0 Å². The van der Waals surface area contributed by atoms with Crippen LogP contribution in [-0.4, -0.2) is 0 Å². The van der Waals surface area contributed by atoms with Gasteiger partial charge in [0.15, 0.2) is 7.11 Å². The van der Waals surface area contributed by atoms with Crippen LogP contribution in [0.1, 0.15) is 19.4 Å². The van der Waals surface area contributed by atoms with Crippen LogP contribution in [0.5, 0.6) is 0 Å². The molecular formula is C10H11O. The molecule has 0 saturated heterocycles. The van der Waals surface area contributed by atoms with E-state index in [2.05, 4.69) is 4.74 Å². The van der Waals surface area contributed by atoms with Gasteiger partial charge in [-0.2, -0.15) is 0 Å². The van der Waals surface area contributed by atoms with Gasteiger partial charge in [-0.25, -0.2) is 0 Å². The van der Waals surface area contributed by atoms with Gasteiger partial charge in [0.05, 0.1) is 5.60 Å². The Kier molecular flexibility index (Phi) is 2.30. The second kappa shape index (κ2) is 3.05. The molecule has 0 aliphatic rings. The second-order valence-corrected chi connectivity index (χ2v) is 2.98. The molecule has 0 spiro atoms. The molecule has 1 aromatic rings. The van der Waals surface area contributed by atoms with Crippen molar-refractivity contribution in [3.63, 3.8) is 0 Å². The maximum atomic E-state index is 6.84. The van der Waals surface area contributed by atoms with E-state index >= 15 is 0 Å². The fraction of sp³-hybridized carbons (Fsp3) is 0.300. The zero-order chi connectivity index (χ0) is 8.32. The Morgan fingerprint density at radius 2 is 1.73 bits per heavy atom. The monoisotopic (exact) mass is 147 g/mol. The third-order valence-electron chi connectivity index (χ3n) is 1.72. The SMILES string of the molecule is [C]OC(C)(C)c1ccccc1. The summed E-state index contributed by atoms with van der Waals surface area (Å²) in [6.45, 7) is 3.74. The molecule has 0 bridgehead atoms. The van der Waals surface area contributed by atoms with Gasteiger partial charge in [-0.05, 0) is 19.4 Å². The molecule has 0 unspecified atom stereocenters. The molecule has 0 fully saturated rings. The molecule has 57 valence electrons. The highest BCUT2D eigenvalue weighted by Crippen LogP contribution is 2.22. The first kappa shape index (κ1) is 8.28. The minimum atomic E-state index is -0.499. The Balaban J connectivity index is 2.93. The van der Waals surface area contributed by atoms with E-state index in [-0.39, 0.29) is 0 Å². The van der Waals surface area contributed by atoms with Crippen LogP contribution in [0.25, 0.3) is 0 Å². The van der Waals surface area contributed by atoms with Gasteiger partial charge in [0, 0.05) is 0 Å². The predicted octanol–water partition coefficient (Wildman–Crippen LogP) is 2.48. The number of hydrogen-bond donors (Lipinski definition) is 0. The summed E-state index contributed by atoms with van der Waals surface area (Å²) in [5.41, 5.74) is 0.524. The van der Waals surface area contributed by atoms with Crippen molar-refractivity contribution in [1.29, 1.82) is 0 Å². The predicted molar refractivity (Wildman–Crippen MR) is 43.8 cm³/mol. The van der Waals surface area contributed by atoms with Crippen molar-refractivity contribution in [2.24, 2.45) is 0 Å². The Morgan fingerprint density at radius 3 is 2.18 bits per heavy atom. The van der Waals surface area contributed by atoms with Gasteiger partial charge in [0.1, 0.15) is 0 Å².